The summed E-state index contributed by atoms with van der Waals surface area (Å²) >= 11 is 0. The van der Waals surface area contributed by atoms with Crippen LogP contribution < -0.4 is 11.1 Å². The van der Waals surface area contributed by atoms with Crippen molar-refractivity contribution in [1.29, 1.82) is 0 Å². The number of nitrogens with two attached hydrogens (primary N) is 1. The molecular weight excluding hydrogens is 245 g/mol. The Balaban J connectivity index is 2.04. The third-order valence-corrected chi connectivity index (χ3v) is 2.96. The van der Waals surface area contributed by atoms with Gasteiger partial charge in [-0.1, -0.05) is 0 Å². The Morgan fingerprint density at radius 2 is 1.89 bits per heavy atom. The normalized spacial score (nSPS) is 16.4. The van der Waals surface area contributed by atoms with E-state index in [1.807, 2.05) is 0 Å². The number of hydrogen-bond acceptors (Lipinski definition) is 2. The summed E-state index contributed by atoms with van der Waals surface area (Å²) in [6.45, 7) is 0.153. The van der Waals surface area contributed by atoms with Crippen molar-refractivity contribution < 1.29 is 18.0 Å². The Hall–Kier alpha value is -1.56. The third kappa shape index (κ3) is 2.81. The Morgan fingerprint density at radius 3 is 2.39 bits per heavy atom. The lowest BCUT2D eigenvalue weighted by molar-refractivity contribution is 0.0941. The highest BCUT2D eigenvalue weighted by Crippen LogP contribution is 2.31. The fraction of sp³-hybridized carbons (Fsp3) is 0.417. The summed E-state index contributed by atoms with van der Waals surface area (Å²) < 4.78 is 39.2. The molecule has 2 rings (SSSR count). The van der Waals surface area contributed by atoms with Crippen LogP contribution in [-0.2, 0) is 0 Å². The molecular formula is C12H13F3N2O. The maximum absolute atomic E-state index is 13.3. The Morgan fingerprint density at radius 1 is 1.33 bits per heavy atom. The van der Waals surface area contributed by atoms with Gasteiger partial charge in [-0.2, -0.15) is 0 Å². The van der Waals surface area contributed by atoms with Crippen LogP contribution in [0.2, 0.25) is 0 Å². The molecule has 6 heteroatoms. The van der Waals surface area contributed by atoms with Gasteiger partial charge in [-0.15, -0.1) is 0 Å². The number of nitrogens with one attached hydrogen (secondary N) is 1. The van der Waals surface area contributed by atoms with E-state index in [4.69, 9.17) is 5.73 Å². The Bertz CT molecular complexity index is 451. The van der Waals surface area contributed by atoms with Crippen molar-refractivity contribution in [2.24, 2.45) is 11.7 Å². The van der Waals surface area contributed by atoms with Crippen molar-refractivity contribution in [3.63, 3.8) is 0 Å². The van der Waals surface area contributed by atoms with Crippen LogP contribution in [0.15, 0.2) is 12.1 Å². The minimum atomic E-state index is -1.22. The standard InChI is InChI=1S/C12H13F3N2O/c13-7-3-8(14)11(9(15)4-7)12(18)17-5-10(16)6-1-2-6/h3-4,6,10H,1-2,5,16H2,(H,17,18). The number of benzene rings is 1. The molecule has 1 aliphatic rings. The van der Waals surface area contributed by atoms with Gasteiger partial charge in [0, 0.05) is 24.7 Å². The number of rotatable bonds is 4. The second-order valence-electron chi connectivity index (χ2n) is 4.46. The summed E-state index contributed by atoms with van der Waals surface area (Å²) in [6, 6.07) is 0.734. The molecule has 1 fully saturated rings. The van der Waals surface area contributed by atoms with E-state index < -0.39 is 28.9 Å². The van der Waals surface area contributed by atoms with E-state index in [-0.39, 0.29) is 12.6 Å². The van der Waals surface area contributed by atoms with Gasteiger partial charge < -0.3 is 11.1 Å². The monoisotopic (exact) mass is 258 g/mol. The van der Waals surface area contributed by atoms with Crippen LogP contribution in [-0.4, -0.2) is 18.5 Å². The van der Waals surface area contributed by atoms with Gasteiger partial charge in [-0.25, -0.2) is 13.2 Å². The second kappa shape index (κ2) is 4.97. The van der Waals surface area contributed by atoms with Gasteiger partial charge in [0.2, 0.25) is 0 Å². The number of carbonyl (C=O) groups excluding carboxylic acids is 1. The minimum Gasteiger partial charge on any atom is -0.350 e. The molecule has 1 atom stereocenters. The zero-order valence-electron chi connectivity index (χ0n) is 9.55. The number of amides is 1. The number of halogens is 3. The van der Waals surface area contributed by atoms with Crippen LogP contribution in [0.1, 0.15) is 23.2 Å². The van der Waals surface area contributed by atoms with E-state index >= 15 is 0 Å². The largest absolute Gasteiger partial charge is 0.350 e. The highest BCUT2D eigenvalue weighted by atomic mass is 19.1. The van der Waals surface area contributed by atoms with Gasteiger partial charge in [0.1, 0.15) is 23.0 Å². The maximum Gasteiger partial charge on any atom is 0.257 e. The molecule has 1 unspecified atom stereocenters. The van der Waals surface area contributed by atoms with Gasteiger partial charge >= 0.3 is 0 Å². The van der Waals surface area contributed by atoms with Gasteiger partial charge in [-0.05, 0) is 18.8 Å². The first-order chi connectivity index (χ1) is 8.49. The molecule has 0 saturated heterocycles. The summed E-state index contributed by atoms with van der Waals surface area (Å²) in [6.07, 6.45) is 2.02. The van der Waals surface area contributed by atoms with Crippen LogP contribution in [0.5, 0.6) is 0 Å². The molecule has 0 aliphatic heterocycles. The molecule has 3 nitrogen and oxygen atoms in total. The fourth-order valence-electron chi connectivity index (χ4n) is 1.75. The first-order valence-corrected chi connectivity index (χ1v) is 5.67. The number of carbonyl (C=O) groups is 1. The molecule has 0 spiro atoms. The van der Waals surface area contributed by atoms with Crippen molar-refractivity contribution in [2.45, 2.75) is 18.9 Å². The van der Waals surface area contributed by atoms with Crippen molar-refractivity contribution in [1.82, 2.24) is 5.32 Å². The van der Waals surface area contributed by atoms with E-state index in [9.17, 15) is 18.0 Å². The molecule has 18 heavy (non-hydrogen) atoms. The molecule has 1 aromatic carbocycles. The highest BCUT2D eigenvalue weighted by Gasteiger charge is 2.29. The van der Waals surface area contributed by atoms with Gasteiger partial charge in [-0.3, -0.25) is 4.79 Å². The fourth-order valence-corrected chi connectivity index (χ4v) is 1.75. The molecule has 1 aromatic rings. The Kier molecular flexibility index (Phi) is 3.56. The van der Waals surface area contributed by atoms with Crippen LogP contribution in [0.4, 0.5) is 13.2 Å². The summed E-state index contributed by atoms with van der Waals surface area (Å²) in [4.78, 5) is 11.6. The molecule has 1 aliphatic carbocycles. The minimum absolute atomic E-state index is 0.153. The molecule has 0 heterocycles. The Labute approximate surface area is 102 Å². The molecule has 0 radical (unpaired) electrons. The second-order valence-corrected chi connectivity index (χ2v) is 4.46. The quantitative estimate of drug-likeness (QED) is 0.861. The zero-order valence-corrected chi connectivity index (χ0v) is 9.55. The van der Waals surface area contributed by atoms with Crippen LogP contribution in [0.25, 0.3) is 0 Å². The average molecular weight is 258 g/mol. The molecule has 3 N–H and O–H groups in total. The molecule has 0 bridgehead atoms. The van der Waals surface area contributed by atoms with E-state index in [2.05, 4.69) is 5.32 Å². The third-order valence-electron chi connectivity index (χ3n) is 2.96. The summed E-state index contributed by atoms with van der Waals surface area (Å²) in [5.74, 6) is -4.04. The topological polar surface area (TPSA) is 55.1 Å². The van der Waals surface area contributed by atoms with Crippen LogP contribution in [0.3, 0.4) is 0 Å². The summed E-state index contributed by atoms with van der Waals surface area (Å²) in [7, 11) is 0. The van der Waals surface area contributed by atoms with Crippen LogP contribution in [0, 0.1) is 23.4 Å². The van der Waals surface area contributed by atoms with Crippen molar-refractivity contribution in [3.8, 4) is 0 Å². The zero-order chi connectivity index (χ0) is 13.3. The molecule has 0 aromatic heterocycles. The lowest BCUT2D eigenvalue weighted by atomic mass is 10.1. The lowest BCUT2D eigenvalue weighted by Crippen LogP contribution is -2.39. The first kappa shape index (κ1) is 12.9. The first-order valence-electron chi connectivity index (χ1n) is 5.67. The highest BCUT2D eigenvalue weighted by molar-refractivity contribution is 5.94. The molecule has 1 amide bonds. The van der Waals surface area contributed by atoms with E-state index in [1.165, 1.54) is 0 Å². The number of hydrogen-bond donors (Lipinski definition) is 2. The summed E-state index contributed by atoms with van der Waals surface area (Å²) in [5, 5.41) is 2.35. The predicted octanol–water partition coefficient (Wildman–Crippen LogP) is 1.57. The van der Waals surface area contributed by atoms with Gasteiger partial charge in [0.25, 0.3) is 5.91 Å². The molecule has 98 valence electrons. The lowest BCUT2D eigenvalue weighted by Gasteiger charge is -2.12. The van der Waals surface area contributed by atoms with Gasteiger partial charge in [0.15, 0.2) is 0 Å². The van der Waals surface area contributed by atoms with Crippen LogP contribution >= 0.6 is 0 Å². The van der Waals surface area contributed by atoms with Gasteiger partial charge in [0.05, 0.1) is 0 Å². The van der Waals surface area contributed by atoms with Crippen molar-refractivity contribution in [2.75, 3.05) is 6.54 Å². The maximum atomic E-state index is 13.3. The van der Waals surface area contributed by atoms with Crippen molar-refractivity contribution >= 4 is 5.91 Å². The van der Waals surface area contributed by atoms with Crippen molar-refractivity contribution in [3.05, 3.63) is 35.1 Å². The van der Waals surface area contributed by atoms with E-state index in [0.29, 0.717) is 18.1 Å². The average Bonchev–Trinajstić information content (AvgIpc) is 3.07. The molecule has 1 saturated carbocycles. The SMILES string of the molecule is NC(CNC(=O)c1c(F)cc(F)cc1F)C1CC1. The van der Waals surface area contributed by atoms with E-state index in [1.54, 1.807) is 0 Å². The summed E-state index contributed by atoms with van der Waals surface area (Å²) in [5.41, 5.74) is 4.97. The smallest absolute Gasteiger partial charge is 0.257 e. The predicted molar refractivity (Wildman–Crippen MR) is 59.3 cm³/mol. The van der Waals surface area contributed by atoms with E-state index in [0.717, 1.165) is 12.8 Å².